The molecule has 0 aliphatic heterocycles. The van der Waals surface area contributed by atoms with Gasteiger partial charge in [0.15, 0.2) is 0 Å². The first-order valence-corrected chi connectivity index (χ1v) is 7.64. The molecule has 1 rings (SSSR count). The fourth-order valence-electron chi connectivity index (χ4n) is 2.04. The molecule has 1 aromatic carbocycles. The zero-order valence-corrected chi connectivity index (χ0v) is 14.3. The van der Waals surface area contributed by atoms with Crippen LogP contribution in [0.25, 0.3) is 0 Å². The molecule has 0 aliphatic carbocycles. The van der Waals surface area contributed by atoms with Crippen molar-refractivity contribution in [2.75, 3.05) is 33.9 Å². The minimum absolute atomic E-state index is 0.134. The van der Waals surface area contributed by atoms with E-state index in [4.69, 9.17) is 15.2 Å². The lowest BCUT2D eigenvalue weighted by Gasteiger charge is -2.28. The van der Waals surface area contributed by atoms with Crippen LogP contribution in [0.4, 0.5) is 0 Å². The summed E-state index contributed by atoms with van der Waals surface area (Å²) in [5, 5.41) is 0. The highest BCUT2D eigenvalue weighted by atomic mass is 79.9. The van der Waals surface area contributed by atoms with E-state index in [0.29, 0.717) is 13.2 Å². The highest BCUT2D eigenvalue weighted by Crippen LogP contribution is 2.30. The van der Waals surface area contributed by atoms with Crippen molar-refractivity contribution in [1.29, 1.82) is 0 Å². The zero-order valence-electron chi connectivity index (χ0n) is 12.7. The number of ether oxygens (including phenoxy) is 2. The van der Waals surface area contributed by atoms with Gasteiger partial charge in [-0.3, -0.25) is 4.90 Å². The minimum Gasteiger partial charge on any atom is -0.497 e. The molecule has 0 aliphatic rings. The Bertz CT molecular complexity index is 413. The minimum atomic E-state index is 0.134. The van der Waals surface area contributed by atoms with E-state index in [-0.39, 0.29) is 12.1 Å². The SMILES string of the molecule is COc1ccc(Br)c(C(CN)N(C)CCOC(C)C)c1. The van der Waals surface area contributed by atoms with Crippen molar-refractivity contribution >= 4 is 15.9 Å². The molecule has 114 valence electrons. The van der Waals surface area contributed by atoms with E-state index in [1.54, 1.807) is 7.11 Å². The number of methoxy groups -OCH3 is 1. The van der Waals surface area contributed by atoms with E-state index in [9.17, 15) is 0 Å². The quantitative estimate of drug-likeness (QED) is 0.787. The maximum absolute atomic E-state index is 5.95. The van der Waals surface area contributed by atoms with E-state index < -0.39 is 0 Å². The molecule has 0 spiro atoms. The lowest BCUT2D eigenvalue weighted by molar-refractivity contribution is 0.0563. The molecule has 1 unspecified atom stereocenters. The largest absolute Gasteiger partial charge is 0.497 e. The molecule has 1 aromatic rings. The maximum Gasteiger partial charge on any atom is 0.119 e. The van der Waals surface area contributed by atoms with Gasteiger partial charge < -0.3 is 15.2 Å². The van der Waals surface area contributed by atoms with Gasteiger partial charge in [0, 0.05) is 23.6 Å². The first-order chi connectivity index (χ1) is 9.49. The van der Waals surface area contributed by atoms with Crippen LogP contribution in [0.5, 0.6) is 5.75 Å². The average molecular weight is 345 g/mol. The van der Waals surface area contributed by atoms with Crippen molar-refractivity contribution in [3.8, 4) is 5.75 Å². The molecule has 0 fully saturated rings. The number of hydrogen-bond acceptors (Lipinski definition) is 4. The van der Waals surface area contributed by atoms with Crippen LogP contribution in [0, 0.1) is 0 Å². The summed E-state index contributed by atoms with van der Waals surface area (Å²) in [6.07, 6.45) is 0.253. The third-order valence-electron chi connectivity index (χ3n) is 3.21. The second kappa shape index (κ2) is 8.62. The Balaban J connectivity index is 2.78. The monoisotopic (exact) mass is 344 g/mol. The smallest absolute Gasteiger partial charge is 0.119 e. The lowest BCUT2D eigenvalue weighted by Crippen LogP contribution is -2.33. The van der Waals surface area contributed by atoms with Crippen LogP contribution in [-0.2, 0) is 4.74 Å². The van der Waals surface area contributed by atoms with Gasteiger partial charge in [-0.1, -0.05) is 15.9 Å². The van der Waals surface area contributed by atoms with Gasteiger partial charge in [-0.15, -0.1) is 0 Å². The van der Waals surface area contributed by atoms with Crippen molar-refractivity contribution in [3.05, 3.63) is 28.2 Å². The molecule has 2 N–H and O–H groups in total. The molecule has 0 radical (unpaired) electrons. The Labute approximate surface area is 130 Å². The molecule has 0 saturated heterocycles. The van der Waals surface area contributed by atoms with Crippen molar-refractivity contribution in [2.24, 2.45) is 5.73 Å². The van der Waals surface area contributed by atoms with E-state index in [2.05, 4.69) is 27.9 Å². The van der Waals surface area contributed by atoms with Gasteiger partial charge in [0.05, 0.1) is 19.8 Å². The molecule has 0 aromatic heterocycles. The summed E-state index contributed by atoms with van der Waals surface area (Å²) in [6.45, 7) is 6.16. The molecule has 0 saturated carbocycles. The molecule has 4 nitrogen and oxygen atoms in total. The maximum atomic E-state index is 5.95. The van der Waals surface area contributed by atoms with Crippen molar-refractivity contribution < 1.29 is 9.47 Å². The first kappa shape index (κ1) is 17.4. The number of nitrogens with two attached hydrogens (primary N) is 1. The average Bonchev–Trinajstić information content (AvgIpc) is 2.41. The van der Waals surface area contributed by atoms with Gasteiger partial charge in [0.1, 0.15) is 5.75 Å². The van der Waals surface area contributed by atoms with E-state index >= 15 is 0 Å². The zero-order chi connectivity index (χ0) is 15.1. The number of likely N-dealkylation sites (N-methyl/N-ethyl adjacent to an activating group) is 1. The second-order valence-corrected chi connectivity index (χ2v) is 5.89. The summed E-state index contributed by atoms with van der Waals surface area (Å²) < 4.78 is 11.9. The van der Waals surface area contributed by atoms with Crippen molar-refractivity contribution in [3.63, 3.8) is 0 Å². The summed E-state index contributed by atoms with van der Waals surface area (Å²) in [7, 11) is 3.73. The Morgan fingerprint density at radius 3 is 2.60 bits per heavy atom. The molecule has 20 heavy (non-hydrogen) atoms. The van der Waals surface area contributed by atoms with Crippen LogP contribution >= 0.6 is 15.9 Å². The lowest BCUT2D eigenvalue weighted by atomic mass is 10.1. The van der Waals surface area contributed by atoms with Gasteiger partial charge >= 0.3 is 0 Å². The van der Waals surface area contributed by atoms with Gasteiger partial charge in [-0.2, -0.15) is 0 Å². The fraction of sp³-hybridized carbons (Fsp3) is 0.600. The fourth-order valence-corrected chi connectivity index (χ4v) is 2.55. The first-order valence-electron chi connectivity index (χ1n) is 6.85. The third-order valence-corrected chi connectivity index (χ3v) is 3.93. The van der Waals surface area contributed by atoms with Crippen LogP contribution < -0.4 is 10.5 Å². The molecular weight excluding hydrogens is 320 g/mol. The van der Waals surface area contributed by atoms with Crippen LogP contribution in [0.1, 0.15) is 25.5 Å². The van der Waals surface area contributed by atoms with E-state index in [0.717, 1.165) is 22.3 Å². The molecule has 0 heterocycles. The molecule has 0 amide bonds. The van der Waals surface area contributed by atoms with Crippen LogP contribution in [-0.4, -0.2) is 44.9 Å². The van der Waals surface area contributed by atoms with E-state index in [1.165, 1.54) is 0 Å². The Hall–Kier alpha value is -0.620. The number of rotatable bonds is 8. The molecule has 5 heteroatoms. The standard InChI is InChI=1S/C15H25BrN2O2/c1-11(2)20-8-7-18(3)15(10-17)13-9-12(19-4)5-6-14(13)16/h5-6,9,11,15H,7-8,10,17H2,1-4H3. The van der Waals surface area contributed by atoms with Crippen LogP contribution in [0.3, 0.4) is 0 Å². The highest BCUT2D eigenvalue weighted by Gasteiger charge is 2.18. The number of nitrogens with zero attached hydrogens (tertiary/aromatic N) is 1. The summed E-state index contributed by atoms with van der Waals surface area (Å²) >= 11 is 3.59. The van der Waals surface area contributed by atoms with Crippen LogP contribution in [0.2, 0.25) is 0 Å². The summed E-state index contributed by atoms with van der Waals surface area (Å²) in [4.78, 5) is 2.21. The topological polar surface area (TPSA) is 47.7 Å². The Kier molecular flexibility index (Phi) is 7.51. The predicted molar refractivity (Wildman–Crippen MR) is 86.2 cm³/mol. The number of hydrogen-bond donors (Lipinski definition) is 1. The normalized spacial score (nSPS) is 13.0. The Morgan fingerprint density at radius 2 is 2.05 bits per heavy atom. The van der Waals surface area contributed by atoms with Crippen molar-refractivity contribution in [1.82, 2.24) is 4.90 Å². The van der Waals surface area contributed by atoms with Gasteiger partial charge in [-0.05, 0) is 44.7 Å². The summed E-state index contributed by atoms with van der Waals surface area (Å²) in [5.74, 6) is 0.841. The summed E-state index contributed by atoms with van der Waals surface area (Å²) in [5.41, 5.74) is 7.09. The van der Waals surface area contributed by atoms with Gasteiger partial charge in [-0.25, -0.2) is 0 Å². The second-order valence-electron chi connectivity index (χ2n) is 5.04. The highest BCUT2D eigenvalue weighted by molar-refractivity contribution is 9.10. The number of halogens is 1. The third kappa shape index (κ3) is 5.05. The molecule has 0 bridgehead atoms. The van der Waals surface area contributed by atoms with Gasteiger partial charge in [0.25, 0.3) is 0 Å². The Morgan fingerprint density at radius 1 is 1.35 bits per heavy atom. The van der Waals surface area contributed by atoms with Crippen LogP contribution in [0.15, 0.2) is 22.7 Å². The van der Waals surface area contributed by atoms with E-state index in [1.807, 2.05) is 32.0 Å². The van der Waals surface area contributed by atoms with Crippen molar-refractivity contribution in [2.45, 2.75) is 26.0 Å². The predicted octanol–water partition coefficient (Wildman–Crippen LogP) is 2.81. The molecular formula is C15H25BrN2O2. The number of benzene rings is 1. The summed E-state index contributed by atoms with van der Waals surface area (Å²) in [6, 6.07) is 6.09. The van der Waals surface area contributed by atoms with Gasteiger partial charge in [0.2, 0.25) is 0 Å². The molecule has 1 atom stereocenters.